The van der Waals surface area contributed by atoms with Crippen LogP contribution in [0.15, 0.2) is 48.5 Å². The highest BCUT2D eigenvalue weighted by molar-refractivity contribution is 5.75. The summed E-state index contributed by atoms with van der Waals surface area (Å²) in [6.07, 6.45) is 3.14. The van der Waals surface area contributed by atoms with E-state index in [1.807, 2.05) is 35.2 Å². The average Bonchev–Trinajstić information content (AvgIpc) is 3.26. The van der Waals surface area contributed by atoms with Crippen LogP contribution < -0.4 is 10.1 Å². The van der Waals surface area contributed by atoms with Crippen molar-refractivity contribution in [3.05, 3.63) is 76.9 Å². The Balaban J connectivity index is 1.35. The van der Waals surface area contributed by atoms with Gasteiger partial charge >= 0.3 is 6.03 Å². The number of ether oxygens (including phenoxy) is 1. The second kappa shape index (κ2) is 9.64. The number of amides is 2. The summed E-state index contributed by atoms with van der Waals surface area (Å²) in [7, 11) is 0. The molecule has 0 radical (unpaired) electrons. The summed E-state index contributed by atoms with van der Waals surface area (Å²) in [5, 5.41) is 10.1. The molecule has 0 saturated carbocycles. The normalized spacial score (nSPS) is 16.2. The van der Waals surface area contributed by atoms with E-state index in [0.717, 1.165) is 31.6 Å². The predicted octanol–water partition coefficient (Wildman–Crippen LogP) is 4.44. The summed E-state index contributed by atoms with van der Waals surface area (Å²) in [4.78, 5) is 19.4. The number of piperidine rings is 1. The number of H-pyrrole nitrogens is 1. The average molecular weight is 420 g/mol. The quantitative estimate of drug-likeness (QED) is 0.619. The molecule has 2 aromatic carbocycles. The van der Waals surface area contributed by atoms with Crippen molar-refractivity contribution in [2.24, 2.45) is 0 Å². The molecule has 7 heteroatoms. The second-order valence-corrected chi connectivity index (χ2v) is 7.95. The molecule has 1 aliphatic rings. The summed E-state index contributed by atoms with van der Waals surface area (Å²) in [5.74, 6) is 1.94. The highest BCUT2D eigenvalue weighted by atomic mass is 16.5. The number of aromatic amines is 1. The van der Waals surface area contributed by atoms with E-state index in [1.54, 1.807) is 0 Å². The molecule has 0 spiro atoms. The molecule has 2 amide bonds. The molecule has 7 nitrogen and oxygen atoms in total. The van der Waals surface area contributed by atoms with Crippen molar-refractivity contribution in [2.45, 2.75) is 52.3 Å². The number of hydrogen-bond donors (Lipinski definition) is 2. The maximum absolute atomic E-state index is 13.0. The Morgan fingerprint density at radius 1 is 1.16 bits per heavy atom. The van der Waals surface area contributed by atoms with E-state index in [4.69, 9.17) is 4.74 Å². The van der Waals surface area contributed by atoms with E-state index in [-0.39, 0.29) is 18.6 Å². The van der Waals surface area contributed by atoms with Gasteiger partial charge in [0.2, 0.25) is 0 Å². The molecule has 1 fully saturated rings. The molecular formula is C24H29N5O2. The van der Waals surface area contributed by atoms with Gasteiger partial charge in [-0.2, -0.15) is 5.10 Å². The SMILES string of the molecule is Cc1cccc(C2CCCCN2C(=O)NCc2n[nH]c(COc3ccccc3)n2)c1C. The van der Waals surface area contributed by atoms with Crippen LogP contribution in [0.5, 0.6) is 5.75 Å². The number of hydrogen-bond acceptors (Lipinski definition) is 4. The van der Waals surface area contributed by atoms with Gasteiger partial charge in [-0.15, -0.1) is 0 Å². The first kappa shape index (κ1) is 20.9. The Bertz CT molecular complexity index is 1020. The fraction of sp³-hybridized carbons (Fsp3) is 0.375. The lowest BCUT2D eigenvalue weighted by Crippen LogP contribution is -2.44. The Labute approximate surface area is 182 Å². The second-order valence-electron chi connectivity index (χ2n) is 7.95. The molecule has 1 aromatic heterocycles. The van der Waals surface area contributed by atoms with Crippen molar-refractivity contribution in [3.63, 3.8) is 0 Å². The third kappa shape index (κ3) is 5.05. The van der Waals surface area contributed by atoms with Gasteiger partial charge in [-0.1, -0.05) is 36.4 Å². The molecule has 4 rings (SSSR count). The zero-order valence-electron chi connectivity index (χ0n) is 18.1. The minimum atomic E-state index is -0.0718. The Morgan fingerprint density at radius 2 is 2.00 bits per heavy atom. The first-order valence-electron chi connectivity index (χ1n) is 10.8. The zero-order chi connectivity index (χ0) is 21.6. The maximum Gasteiger partial charge on any atom is 0.318 e. The first-order chi connectivity index (χ1) is 15.1. The Morgan fingerprint density at radius 3 is 2.84 bits per heavy atom. The van der Waals surface area contributed by atoms with Gasteiger partial charge in [0.1, 0.15) is 12.4 Å². The van der Waals surface area contributed by atoms with Crippen molar-refractivity contribution in [3.8, 4) is 5.75 Å². The molecule has 1 saturated heterocycles. The number of nitrogens with one attached hydrogen (secondary N) is 2. The molecule has 162 valence electrons. The maximum atomic E-state index is 13.0. The van der Waals surface area contributed by atoms with Gasteiger partial charge in [-0.05, 0) is 61.9 Å². The smallest absolute Gasteiger partial charge is 0.318 e. The van der Waals surface area contributed by atoms with Crippen LogP contribution in [-0.2, 0) is 13.2 Å². The molecule has 0 aliphatic carbocycles. The molecule has 31 heavy (non-hydrogen) atoms. The number of urea groups is 1. The Kier molecular flexibility index (Phi) is 6.50. The summed E-state index contributed by atoms with van der Waals surface area (Å²) in [5.41, 5.74) is 3.77. The molecule has 1 unspecified atom stereocenters. The fourth-order valence-electron chi connectivity index (χ4n) is 4.04. The van der Waals surface area contributed by atoms with Gasteiger partial charge < -0.3 is 15.0 Å². The predicted molar refractivity (Wildman–Crippen MR) is 119 cm³/mol. The summed E-state index contributed by atoms with van der Waals surface area (Å²) >= 11 is 0. The third-order valence-corrected chi connectivity index (χ3v) is 5.86. The van der Waals surface area contributed by atoms with Gasteiger partial charge in [0.15, 0.2) is 11.6 Å². The van der Waals surface area contributed by atoms with E-state index < -0.39 is 0 Å². The molecule has 0 bridgehead atoms. The molecule has 3 aromatic rings. The van der Waals surface area contributed by atoms with E-state index >= 15 is 0 Å². The van der Waals surface area contributed by atoms with Crippen LogP contribution >= 0.6 is 0 Å². The molecule has 1 aliphatic heterocycles. The number of nitrogens with zero attached hydrogens (tertiary/aromatic N) is 3. The van der Waals surface area contributed by atoms with Crippen LogP contribution in [0.1, 0.15) is 53.6 Å². The van der Waals surface area contributed by atoms with Crippen molar-refractivity contribution in [2.75, 3.05) is 6.54 Å². The van der Waals surface area contributed by atoms with Crippen molar-refractivity contribution in [1.82, 2.24) is 25.4 Å². The monoisotopic (exact) mass is 419 g/mol. The van der Waals surface area contributed by atoms with Crippen molar-refractivity contribution >= 4 is 6.03 Å². The lowest BCUT2D eigenvalue weighted by molar-refractivity contribution is 0.150. The van der Waals surface area contributed by atoms with Gasteiger partial charge in [0.25, 0.3) is 0 Å². The minimum absolute atomic E-state index is 0.0718. The highest BCUT2D eigenvalue weighted by Crippen LogP contribution is 2.33. The summed E-state index contributed by atoms with van der Waals surface area (Å²) in [6.45, 7) is 5.59. The van der Waals surface area contributed by atoms with Crippen molar-refractivity contribution < 1.29 is 9.53 Å². The third-order valence-electron chi connectivity index (χ3n) is 5.86. The minimum Gasteiger partial charge on any atom is -0.486 e. The number of carbonyl (C=O) groups excluding carboxylic acids is 1. The summed E-state index contributed by atoms with van der Waals surface area (Å²) in [6, 6.07) is 15.9. The van der Waals surface area contributed by atoms with Crippen LogP contribution in [0.4, 0.5) is 4.79 Å². The molecule has 2 N–H and O–H groups in total. The van der Waals surface area contributed by atoms with E-state index in [0.29, 0.717) is 18.3 Å². The van der Waals surface area contributed by atoms with Gasteiger partial charge in [0.05, 0.1) is 12.6 Å². The number of rotatable bonds is 6. The van der Waals surface area contributed by atoms with Crippen LogP contribution in [-0.4, -0.2) is 32.7 Å². The van der Waals surface area contributed by atoms with E-state index in [2.05, 4.69) is 52.5 Å². The highest BCUT2D eigenvalue weighted by Gasteiger charge is 2.29. The van der Waals surface area contributed by atoms with Crippen LogP contribution in [0.2, 0.25) is 0 Å². The lowest BCUT2D eigenvalue weighted by Gasteiger charge is -2.37. The van der Waals surface area contributed by atoms with Gasteiger partial charge in [0, 0.05) is 6.54 Å². The van der Waals surface area contributed by atoms with Gasteiger partial charge in [-0.3, -0.25) is 5.10 Å². The molecule has 1 atom stereocenters. The number of likely N-dealkylation sites (tertiary alicyclic amines) is 1. The van der Waals surface area contributed by atoms with E-state index in [9.17, 15) is 4.79 Å². The molecule has 2 heterocycles. The number of aromatic nitrogens is 3. The number of benzene rings is 2. The van der Waals surface area contributed by atoms with E-state index in [1.165, 1.54) is 16.7 Å². The van der Waals surface area contributed by atoms with Gasteiger partial charge in [-0.25, -0.2) is 9.78 Å². The largest absolute Gasteiger partial charge is 0.486 e. The van der Waals surface area contributed by atoms with Crippen LogP contribution in [0.25, 0.3) is 0 Å². The Hall–Kier alpha value is -3.35. The van der Waals surface area contributed by atoms with Crippen LogP contribution in [0.3, 0.4) is 0 Å². The fourth-order valence-corrected chi connectivity index (χ4v) is 4.04. The van der Waals surface area contributed by atoms with Crippen molar-refractivity contribution in [1.29, 1.82) is 0 Å². The number of carbonyl (C=O) groups is 1. The zero-order valence-corrected chi connectivity index (χ0v) is 18.1. The number of para-hydroxylation sites is 1. The standard InChI is InChI=1S/C24H29N5O2/c1-17-9-8-12-20(18(17)2)21-13-6-7-14-29(21)24(30)25-15-22-26-23(28-27-22)16-31-19-10-4-3-5-11-19/h3-5,8-12,21H,6-7,13-16H2,1-2H3,(H,25,30)(H,26,27,28). The van der Waals surface area contributed by atoms with Crippen LogP contribution in [0, 0.1) is 13.8 Å². The number of aryl methyl sites for hydroxylation is 1. The first-order valence-corrected chi connectivity index (χ1v) is 10.8. The topological polar surface area (TPSA) is 83.1 Å². The summed E-state index contributed by atoms with van der Waals surface area (Å²) < 4.78 is 5.68. The molecular weight excluding hydrogens is 390 g/mol. The lowest BCUT2D eigenvalue weighted by atomic mass is 9.91.